The maximum atomic E-state index is 5.81. The summed E-state index contributed by atoms with van der Waals surface area (Å²) in [5.41, 5.74) is 5.14. The Hall–Kier alpha value is -3.30. The van der Waals surface area contributed by atoms with Crippen molar-refractivity contribution in [1.29, 1.82) is 0 Å². The molecule has 0 spiro atoms. The first kappa shape index (κ1) is 15.6. The molecule has 4 aromatic carbocycles. The predicted octanol–water partition coefficient (Wildman–Crippen LogP) is 7.52. The fraction of sp³-hybridized carbons (Fsp3) is 0.0769. The number of aromatic nitrogens is 1. The van der Waals surface area contributed by atoms with Gasteiger partial charge in [0.05, 0.1) is 33.7 Å². The van der Waals surface area contributed by atoms with Gasteiger partial charge in [-0.15, -0.1) is 11.3 Å². The zero-order chi connectivity index (χ0) is 19.3. The summed E-state index contributed by atoms with van der Waals surface area (Å²) in [7, 11) is 1.77. The minimum atomic E-state index is 0.951. The molecule has 7 rings (SSSR count). The topological polar surface area (TPSA) is 13.6 Å². The van der Waals surface area contributed by atoms with Gasteiger partial charge in [0.1, 0.15) is 5.75 Å². The van der Waals surface area contributed by atoms with Crippen LogP contribution in [0, 0.1) is 6.92 Å². The van der Waals surface area contributed by atoms with E-state index in [1.165, 1.54) is 63.8 Å². The first-order chi connectivity index (χ1) is 14.2. The summed E-state index contributed by atoms with van der Waals surface area (Å²) < 4.78 is 10.9. The van der Waals surface area contributed by atoms with Gasteiger partial charge in [-0.2, -0.15) is 0 Å². The third-order valence-corrected chi connectivity index (χ3v) is 7.42. The van der Waals surface area contributed by atoms with E-state index in [1.807, 2.05) is 11.3 Å². The number of fused-ring (bicyclic) bond motifs is 9. The largest absolute Gasteiger partial charge is 0.496 e. The van der Waals surface area contributed by atoms with Gasteiger partial charge in [-0.1, -0.05) is 42.0 Å². The number of rotatable bonds is 1. The summed E-state index contributed by atoms with van der Waals surface area (Å²) in [6.07, 6.45) is 0. The van der Waals surface area contributed by atoms with E-state index in [9.17, 15) is 0 Å². The summed E-state index contributed by atoms with van der Waals surface area (Å²) in [6.45, 7) is 2.16. The molecule has 0 atom stereocenters. The highest BCUT2D eigenvalue weighted by atomic mass is 32.1. The van der Waals surface area contributed by atoms with E-state index in [1.54, 1.807) is 7.11 Å². The van der Waals surface area contributed by atoms with Gasteiger partial charge in [0.25, 0.3) is 0 Å². The second-order valence-electron chi connectivity index (χ2n) is 7.87. The third-order valence-electron chi connectivity index (χ3n) is 6.24. The summed E-state index contributed by atoms with van der Waals surface area (Å²) in [5.74, 6) is 0.951. The quantitative estimate of drug-likeness (QED) is 0.282. The lowest BCUT2D eigenvalue weighted by Gasteiger charge is -2.03. The van der Waals surface area contributed by atoms with Gasteiger partial charge in [0, 0.05) is 20.9 Å². The maximum absolute atomic E-state index is 5.81. The molecule has 0 unspecified atom stereocenters. The van der Waals surface area contributed by atoms with Crippen molar-refractivity contribution in [3.05, 3.63) is 72.3 Å². The lowest BCUT2D eigenvalue weighted by molar-refractivity contribution is 0.420. The van der Waals surface area contributed by atoms with Crippen molar-refractivity contribution in [1.82, 2.24) is 4.40 Å². The number of aryl methyl sites for hydroxylation is 1. The minimum Gasteiger partial charge on any atom is -0.496 e. The Labute approximate surface area is 170 Å². The summed E-state index contributed by atoms with van der Waals surface area (Å²) in [6, 6.07) is 24.5. The molecule has 3 heterocycles. The van der Waals surface area contributed by atoms with Crippen LogP contribution in [-0.4, -0.2) is 11.5 Å². The molecule has 0 bridgehead atoms. The zero-order valence-corrected chi connectivity index (χ0v) is 16.9. The van der Waals surface area contributed by atoms with Crippen LogP contribution in [0.25, 0.3) is 58.3 Å². The number of thiophene rings is 1. The van der Waals surface area contributed by atoms with E-state index in [4.69, 9.17) is 4.74 Å². The number of hydrogen-bond acceptors (Lipinski definition) is 2. The van der Waals surface area contributed by atoms with Crippen molar-refractivity contribution >= 4 is 69.6 Å². The third kappa shape index (κ3) is 1.82. The van der Waals surface area contributed by atoms with Crippen molar-refractivity contribution in [2.45, 2.75) is 6.92 Å². The minimum absolute atomic E-state index is 0.951. The van der Waals surface area contributed by atoms with Crippen LogP contribution in [0.3, 0.4) is 0 Å². The Bertz CT molecular complexity index is 1750. The molecule has 3 aromatic heterocycles. The molecule has 138 valence electrons. The van der Waals surface area contributed by atoms with Gasteiger partial charge in [0.15, 0.2) is 0 Å². The predicted molar refractivity (Wildman–Crippen MR) is 125 cm³/mol. The van der Waals surface area contributed by atoms with Crippen LogP contribution >= 0.6 is 11.3 Å². The van der Waals surface area contributed by atoms with Gasteiger partial charge >= 0.3 is 0 Å². The molecule has 29 heavy (non-hydrogen) atoms. The van der Waals surface area contributed by atoms with E-state index in [0.717, 1.165) is 5.75 Å². The molecule has 0 N–H and O–H groups in total. The van der Waals surface area contributed by atoms with E-state index >= 15 is 0 Å². The van der Waals surface area contributed by atoms with Crippen LogP contribution in [0.5, 0.6) is 5.75 Å². The summed E-state index contributed by atoms with van der Waals surface area (Å²) >= 11 is 1.86. The molecule has 0 saturated carbocycles. The molecular weight excluding hydrogens is 374 g/mol. The van der Waals surface area contributed by atoms with Crippen LogP contribution in [0.2, 0.25) is 0 Å². The van der Waals surface area contributed by atoms with Crippen molar-refractivity contribution in [3.8, 4) is 5.75 Å². The van der Waals surface area contributed by atoms with E-state index in [0.29, 0.717) is 0 Å². The SMILES string of the molecule is COc1ccc2c3cc4ccc(C)cc4cc3n3c4c5ccccc5sc4c1c23. The van der Waals surface area contributed by atoms with Gasteiger partial charge < -0.3 is 9.14 Å². The van der Waals surface area contributed by atoms with Gasteiger partial charge in [0.2, 0.25) is 0 Å². The van der Waals surface area contributed by atoms with Crippen LogP contribution in [-0.2, 0) is 0 Å². The first-order valence-corrected chi connectivity index (χ1v) is 10.6. The molecule has 0 saturated heterocycles. The smallest absolute Gasteiger partial charge is 0.129 e. The molecule has 0 aliphatic carbocycles. The van der Waals surface area contributed by atoms with Gasteiger partial charge in [-0.05, 0) is 48.0 Å². The van der Waals surface area contributed by atoms with Crippen LogP contribution in [0.1, 0.15) is 5.56 Å². The van der Waals surface area contributed by atoms with E-state index < -0.39 is 0 Å². The highest BCUT2D eigenvalue weighted by molar-refractivity contribution is 7.26. The van der Waals surface area contributed by atoms with Crippen LogP contribution in [0.4, 0.5) is 0 Å². The Morgan fingerprint density at radius 3 is 2.59 bits per heavy atom. The lowest BCUT2D eigenvalue weighted by atomic mass is 10.0. The molecular formula is C26H17NOS. The molecule has 0 fully saturated rings. The number of benzene rings is 4. The molecule has 7 aromatic rings. The van der Waals surface area contributed by atoms with Crippen molar-refractivity contribution in [2.75, 3.05) is 7.11 Å². The molecule has 0 amide bonds. The van der Waals surface area contributed by atoms with Crippen molar-refractivity contribution < 1.29 is 4.74 Å². The Kier molecular flexibility index (Phi) is 2.79. The fourth-order valence-corrected chi connectivity index (χ4v) is 6.23. The monoisotopic (exact) mass is 391 g/mol. The lowest BCUT2D eigenvalue weighted by Crippen LogP contribution is -1.83. The second kappa shape index (κ2) is 5.19. The number of nitrogens with zero attached hydrogens (tertiary/aromatic N) is 1. The molecule has 2 nitrogen and oxygen atoms in total. The second-order valence-corrected chi connectivity index (χ2v) is 8.92. The number of methoxy groups -OCH3 is 1. The Balaban J connectivity index is 1.85. The van der Waals surface area contributed by atoms with Crippen molar-refractivity contribution in [2.24, 2.45) is 0 Å². The molecule has 0 aliphatic heterocycles. The van der Waals surface area contributed by atoms with Crippen molar-refractivity contribution in [3.63, 3.8) is 0 Å². The molecule has 0 radical (unpaired) electrons. The average Bonchev–Trinajstić information content (AvgIpc) is 3.36. The van der Waals surface area contributed by atoms with Crippen LogP contribution in [0.15, 0.2) is 66.7 Å². The van der Waals surface area contributed by atoms with E-state index in [-0.39, 0.29) is 0 Å². The summed E-state index contributed by atoms with van der Waals surface area (Å²) in [5, 5.41) is 7.73. The maximum Gasteiger partial charge on any atom is 0.129 e. The average molecular weight is 391 g/mol. The molecule has 0 aliphatic rings. The first-order valence-electron chi connectivity index (χ1n) is 9.82. The summed E-state index contributed by atoms with van der Waals surface area (Å²) in [4.78, 5) is 0. The Morgan fingerprint density at radius 2 is 1.69 bits per heavy atom. The zero-order valence-electron chi connectivity index (χ0n) is 16.1. The van der Waals surface area contributed by atoms with Gasteiger partial charge in [-0.25, -0.2) is 0 Å². The highest BCUT2D eigenvalue weighted by Crippen LogP contribution is 2.48. The van der Waals surface area contributed by atoms with E-state index in [2.05, 4.69) is 78.1 Å². The normalized spacial score (nSPS) is 12.5. The van der Waals surface area contributed by atoms with Gasteiger partial charge in [-0.3, -0.25) is 0 Å². The number of ether oxygens (including phenoxy) is 1. The fourth-order valence-electron chi connectivity index (χ4n) is 4.99. The molecule has 3 heteroatoms. The number of hydrogen-bond donors (Lipinski definition) is 0. The Morgan fingerprint density at radius 1 is 0.793 bits per heavy atom. The highest BCUT2D eigenvalue weighted by Gasteiger charge is 2.23. The standard InChI is InChI=1S/C26H17NOS/c1-14-7-8-15-12-19-17-9-10-21(28-2)23-24(17)27(20(19)13-16(15)11-14)25-18-5-3-4-6-22(18)29-26(23)25/h3-13H,1-2H3. The van der Waals surface area contributed by atoms with Crippen LogP contribution < -0.4 is 4.74 Å².